The molecule has 0 bridgehead atoms. The first-order valence-corrected chi connectivity index (χ1v) is 5.82. The minimum Gasteiger partial charge on any atom is -0.466 e. The molecule has 2 nitrogen and oxygen atoms in total. The van der Waals surface area contributed by atoms with E-state index in [1.54, 1.807) is 0 Å². The lowest BCUT2D eigenvalue weighted by Crippen LogP contribution is -2.39. The van der Waals surface area contributed by atoms with E-state index in [-0.39, 0.29) is 0 Å². The van der Waals surface area contributed by atoms with Crippen LogP contribution >= 0.6 is 12.2 Å². The molecule has 4 heteroatoms. The molecule has 2 heterocycles. The van der Waals surface area contributed by atoms with Crippen LogP contribution in [0.4, 0.5) is 0 Å². The summed E-state index contributed by atoms with van der Waals surface area (Å²) in [6, 6.07) is 0.545. The Morgan fingerprint density at radius 1 is 1.57 bits per heavy atom. The molecule has 0 aromatic heterocycles. The largest absolute Gasteiger partial charge is 0.466 e. The molecule has 3 rings (SSSR count). The molecule has 14 heavy (non-hydrogen) atoms. The molecule has 2 saturated heterocycles. The number of thiocarbonyl (C=S) groups is 1. The first kappa shape index (κ1) is 9.02. The van der Waals surface area contributed by atoms with Gasteiger partial charge in [0.1, 0.15) is 13.4 Å². The van der Waals surface area contributed by atoms with Crippen molar-refractivity contribution in [3.05, 3.63) is 0 Å². The Balaban J connectivity index is 1.95. The second-order valence-corrected chi connectivity index (χ2v) is 6.03. The van der Waals surface area contributed by atoms with Gasteiger partial charge in [0.2, 0.25) is 0 Å². The van der Waals surface area contributed by atoms with Crippen molar-refractivity contribution in [2.45, 2.75) is 49.5 Å². The lowest BCUT2D eigenvalue weighted by molar-refractivity contribution is 0.112. The molecule has 4 unspecified atom stereocenters. The summed E-state index contributed by atoms with van der Waals surface area (Å²) in [5, 5.41) is 1.64. The predicted molar refractivity (Wildman–Crippen MR) is 62.1 cm³/mol. The van der Waals surface area contributed by atoms with Gasteiger partial charge < -0.3 is 9.64 Å². The van der Waals surface area contributed by atoms with Gasteiger partial charge in [-0.25, -0.2) is 0 Å². The van der Waals surface area contributed by atoms with Crippen molar-refractivity contribution in [2.75, 3.05) is 7.05 Å². The van der Waals surface area contributed by atoms with Gasteiger partial charge in [0.05, 0.1) is 6.04 Å². The summed E-state index contributed by atoms with van der Waals surface area (Å²) in [6.07, 6.45) is 2.94. The zero-order valence-electron chi connectivity index (χ0n) is 9.04. The van der Waals surface area contributed by atoms with E-state index in [1.165, 1.54) is 20.1 Å². The second-order valence-electron chi connectivity index (χ2n) is 5.68. The average molecular weight is 209 g/mol. The third kappa shape index (κ3) is 0.819. The Kier molecular flexibility index (Phi) is 1.47. The van der Waals surface area contributed by atoms with Gasteiger partial charge in [0.25, 0.3) is 5.17 Å². The Labute approximate surface area is 91.2 Å². The topological polar surface area (TPSA) is 12.5 Å². The van der Waals surface area contributed by atoms with Crippen LogP contribution in [0.25, 0.3) is 0 Å². The number of ether oxygens (including phenoxy) is 1. The molecule has 76 valence electrons. The van der Waals surface area contributed by atoms with Crippen LogP contribution in [-0.2, 0) is 4.74 Å². The summed E-state index contributed by atoms with van der Waals surface area (Å²) in [5.74, 6) is 0. The predicted octanol–water partition coefficient (Wildman–Crippen LogP) is 1.57. The lowest BCUT2D eigenvalue weighted by Gasteiger charge is -2.36. The van der Waals surface area contributed by atoms with Crippen LogP contribution in [-0.4, -0.2) is 36.5 Å². The van der Waals surface area contributed by atoms with E-state index >= 15 is 0 Å². The maximum Gasteiger partial charge on any atom is 0.259 e. The molecular formula is C10H16BNOS. The van der Waals surface area contributed by atoms with E-state index in [2.05, 4.69) is 25.8 Å². The fraction of sp³-hybridized carbons (Fsp3) is 0.900. The molecule has 4 atom stereocenters. The van der Waals surface area contributed by atoms with Crippen LogP contribution in [0.2, 0.25) is 10.6 Å². The maximum absolute atomic E-state index is 5.86. The summed E-state index contributed by atoms with van der Waals surface area (Å²) in [7, 11) is 3.39. The highest BCUT2D eigenvalue weighted by molar-refractivity contribution is 7.80. The van der Waals surface area contributed by atoms with Crippen molar-refractivity contribution < 1.29 is 4.74 Å². The van der Waals surface area contributed by atoms with E-state index in [4.69, 9.17) is 17.0 Å². The third-order valence-corrected chi connectivity index (χ3v) is 5.38. The molecule has 0 aromatic carbocycles. The van der Waals surface area contributed by atoms with Crippen LogP contribution in [0.15, 0.2) is 0 Å². The van der Waals surface area contributed by atoms with Crippen molar-refractivity contribution in [3.8, 4) is 0 Å². The molecule has 3 fully saturated rings. The van der Waals surface area contributed by atoms with Crippen LogP contribution in [0.1, 0.15) is 26.7 Å². The molecular weight excluding hydrogens is 193 g/mol. The number of rotatable bonds is 0. The molecule has 0 amide bonds. The van der Waals surface area contributed by atoms with E-state index in [9.17, 15) is 0 Å². The number of hydrogen-bond acceptors (Lipinski definition) is 2. The highest BCUT2D eigenvalue weighted by Gasteiger charge is 2.71. The summed E-state index contributed by atoms with van der Waals surface area (Å²) in [5.41, 5.74) is 0. The molecule has 0 radical (unpaired) electrons. The van der Waals surface area contributed by atoms with Gasteiger partial charge in [0, 0.05) is 7.05 Å². The highest BCUT2D eigenvalue weighted by Crippen LogP contribution is 2.76. The van der Waals surface area contributed by atoms with Crippen LogP contribution < -0.4 is 0 Å². The standard InChI is InChI=1S/C10H16BNOS/c1-9-5-4-6-7(10(9,2)11-9)13-8(14)12(6)3/h6-7,11H,4-5H2,1-3H3. The molecule has 0 N–H and O–H groups in total. The zero-order chi connectivity index (χ0) is 10.1. The fourth-order valence-corrected chi connectivity index (χ4v) is 3.80. The van der Waals surface area contributed by atoms with E-state index in [0.29, 0.717) is 27.9 Å². The van der Waals surface area contributed by atoms with E-state index in [0.717, 1.165) is 0 Å². The van der Waals surface area contributed by atoms with Gasteiger partial charge in [-0.05, 0) is 24.0 Å². The lowest BCUT2D eigenvalue weighted by atomic mass is 9.76. The Hall–Kier alpha value is -0.245. The number of fused-ring (bicyclic) bond motifs is 3. The molecule has 1 saturated carbocycles. The van der Waals surface area contributed by atoms with Crippen molar-refractivity contribution in [1.82, 2.24) is 4.90 Å². The Morgan fingerprint density at radius 2 is 2.29 bits per heavy atom. The van der Waals surface area contributed by atoms with Crippen LogP contribution in [0.5, 0.6) is 0 Å². The van der Waals surface area contributed by atoms with Crippen molar-refractivity contribution in [3.63, 3.8) is 0 Å². The monoisotopic (exact) mass is 209 g/mol. The second kappa shape index (κ2) is 2.29. The van der Waals surface area contributed by atoms with Crippen LogP contribution in [0, 0.1) is 0 Å². The van der Waals surface area contributed by atoms with Gasteiger partial charge in [-0.2, -0.15) is 0 Å². The minimum absolute atomic E-state index is 0.360. The quantitative estimate of drug-likeness (QED) is 0.444. The minimum atomic E-state index is 0.360. The maximum atomic E-state index is 5.86. The zero-order valence-corrected chi connectivity index (χ0v) is 9.86. The van der Waals surface area contributed by atoms with Gasteiger partial charge in [-0.1, -0.05) is 25.6 Å². The van der Waals surface area contributed by atoms with Gasteiger partial charge in [-0.3, -0.25) is 0 Å². The molecule has 3 aliphatic rings. The molecule has 1 aliphatic carbocycles. The Morgan fingerprint density at radius 3 is 3.00 bits per heavy atom. The first-order valence-electron chi connectivity index (χ1n) is 5.41. The summed E-state index contributed by atoms with van der Waals surface area (Å²) in [6.45, 7) is 4.76. The first-order chi connectivity index (χ1) is 6.48. The summed E-state index contributed by atoms with van der Waals surface area (Å²) in [4.78, 5) is 2.16. The summed E-state index contributed by atoms with van der Waals surface area (Å²) >= 11 is 5.22. The number of likely N-dealkylation sites (N-methyl/N-ethyl adjacent to an activating group) is 1. The van der Waals surface area contributed by atoms with Crippen molar-refractivity contribution in [2.24, 2.45) is 0 Å². The molecule has 0 spiro atoms. The SMILES string of the molecule is CN1C(=S)OC2C1CCC1(C)BC21C. The summed E-state index contributed by atoms with van der Waals surface area (Å²) < 4.78 is 5.86. The Bertz CT molecular complexity index is 323. The van der Waals surface area contributed by atoms with E-state index in [1.807, 2.05) is 0 Å². The van der Waals surface area contributed by atoms with Gasteiger partial charge >= 0.3 is 0 Å². The average Bonchev–Trinajstić information content (AvgIpc) is 2.57. The van der Waals surface area contributed by atoms with Gasteiger partial charge in [-0.15, -0.1) is 0 Å². The number of nitrogens with zero attached hydrogens (tertiary/aromatic N) is 1. The fourth-order valence-electron chi connectivity index (χ4n) is 3.56. The highest BCUT2D eigenvalue weighted by atomic mass is 32.1. The van der Waals surface area contributed by atoms with Crippen molar-refractivity contribution in [1.29, 1.82) is 0 Å². The van der Waals surface area contributed by atoms with Crippen LogP contribution in [0.3, 0.4) is 0 Å². The third-order valence-electron chi connectivity index (χ3n) is 4.99. The van der Waals surface area contributed by atoms with Crippen molar-refractivity contribution >= 4 is 24.7 Å². The molecule has 2 aliphatic heterocycles. The number of hydrogen-bond donors (Lipinski definition) is 0. The normalized spacial score (nSPS) is 54.5. The van der Waals surface area contributed by atoms with E-state index < -0.39 is 0 Å². The van der Waals surface area contributed by atoms with Gasteiger partial charge in [0.15, 0.2) is 0 Å². The molecule has 0 aromatic rings. The smallest absolute Gasteiger partial charge is 0.259 e.